The van der Waals surface area contributed by atoms with E-state index in [0.717, 1.165) is 4.88 Å². The number of carbonyl (C=O) groups excluding carboxylic acids is 3. The molecule has 3 rings (SSSR count). The van der Waals surface area contributed by atoms with Crippen molar-refractivity contribution in [1.29, 1.82) is 0 Å². The number of nitro groups is 1. The van der Waals surface area contributed by atoms with Crippen molar-refractivity contribution in [3.63, 3.8) is 0 Å². The predicted molar refractivity (Wildman–Crippen MR) is 131 cm³/mol. The number of non-ortho nitro benzene ring substituents is 1. The molecule has 2 heterocycles. The highest BCUT2D eigenvalue weighted by Gasteiger charge is 2.31. The minimum atomic E-state index is -0.566. The summed E-state index contributed by atoms with van der Waals surface area (Å²) in [6.07, 6.45) is 4.04. The monoisotopic (exact) mass is 504 g/mol. The number of thiophene rings is 1. The average Bonchev–Trinajstić information content (AvgIpc) is 3.40. The lowest BCUT2D eigenvalue weighted by molar-refractivity contribution is -0.384. The van der Waals surface area contributed by atoms with Crippen molar-refractivity contribution in [1.82, 2.24) is 15.8 Å². The first-order valence-corrected chi connectivity index (χ1v) is 12.1. The Hall–Kier alpha value is -3.09. The first-order chi connectivity index (χ1) is 15.8. The van der Waals surface area contributed by atoms with E-state index in [0.29, 0.717) is 35.0 Å². The van der Waals surface area contributed by atoms with Gasteiger partial charge in [0.1, 0.15) is 4.32 Å². The topological polar surface area (TPSA) is 122 Å². The van der Waals surface area contributed by atoms with Crippen LogP contribution in [0.25, 0.3) is 6.08 Å². The summed E-state index contributed by atoms with van der Waals surface area (Å²) in [5.41, 5.74) is 4.67. The van der Waals surface area contributed by atoms with Gasteiger partial charge in [0.05, 0.1) is 9.83 Å². The molecule has 0 unspecified atom stereocenters. The third-order valence-electron chi connectivity index (χ3n) is 4.63. The van der Waals surface area contributed by atoms with E-state index < -0.39 is 10.8 Å². The maximum absolute atomic E-state index is 12.5. The largest absolute Gasteiger partial charge is 0.293 e. The molecule has 0 bridgehead atoms. The number of thiocarbonyl (C=S) groups is 1. The Bertz CT molecular complexity index is 1080. The van der Waals surface area contributed by atoms with Crippen LogP contribution in [-0.2, 0) is 9.59 Å². The normalized spacial score (nSPS) is 14.5. The third kappa shape index (κ3) is 6.94. The van der Waals surface area contributed by atoms with Crippen LogP contribution in [0.2, 0.25) is 0 Å². The summed E-state index contributed by atoms with van der Waals surface area (Å²) < 4.78 is 0.537. The predicted octanol–water partition coefficient (Wildman–Crippen LogP) is 3.88. The van der Waals surface area contributed by atoms with Crippen molar-refractivity contribution >= 4 is 69.1 Å². The van der Waals surface area contributed by atoms with Gasteiger partial charge in [-0.3, -0.25) is 40.2 Å². The lowest BCUT2D eigenvalue weighted by Crippen LogP contribution is -2.41. The standard InChI is InChI=1S/C21H20N4O5S3/c26-18(22-23-19(27)14-7-9-15(10-8-14)25(29)30)6-2-1-3-11-24-20(28)17(33-21(24)31)13-16-5-4-12-32-16/h4-5,7-10,12-13H,1-3,6,11H2,(H,22,26)(H,23,27). The minimum Gasteiger partial charge on any atom is -0.293 e. The molecule has 2 N–H and O–H groups in total. The molecule has 9 nitrogen and oxygen atoms in total. The molecular formula is C21H20N4O5S3. The number of hydrogen-bond acceptors (Lipinski definition) is 8. The fraction of sp³-hybridized carbons (Fsp3) is 0.238. The summed E-state index contributed by atoms with van der Waals surface area (Å²) in [6, 6.07) is 8.91. The van der Waals surface area contributed by atoms with Gasteiger partial charge in [-0.15, -0.1) is 11.3 Å². The summed E-state index contributed by atoms with van der Waals surface area (Å²) in [7, 11) is 0. The number of nitro benzene ring substituents is 1. The van der Waals surface area contributed by atoms with Crippen LogP contribution in [0.4, 0.5) is 5.69 Å². The fourth-order valence-electron chi connectivity index (χ4n) is 2.92. The van der Waals surface area contributed by atoms with E-state index in [4.69, 9.17) is 12.2 Å². The highest BCUT2D eigenvalue weighted by molar-refractivity contribution is 8.26. The number of unbranched alkanes of at least 4 members (excludes halogenated alkanes) is 2. The number of amides is 3. The van der Waals surface area contributed by atoms with Crippen LogP contribution in [0.5, 0.6) is 0 Å². The van der Waals surface area contributed by atoms with Crippen molar-refractivity contribution in [2.24, 2.45) is 0 Å². The van der Waals surface area contributed by atoms with E-state index in [-0.39, 0.29) is 29.5 Å². The number of carbonyl (C=O) groups is 3. The number of rotatable bonds is 9. The van der Waals surface area contributed by atoms with Crippen molar-refractivity contribution in [3.8, 4) is 0 Å². The molecule has 2 aromatic rings. The summed E-state index contributed by atoms with van der Waals surface area (Å²) in [5.74, 6) is -1.01. The molecule has 0 atom stereocenters. The fourth-order valence-corrected chi connectivity index (χ4v) is 4.95. The van der Waals surface area contributed by atoms with E-state index in [9.17, 15) is 24.5 Å². The van der Waals surface area contributed by atoms with Gasteiger partial charge in [0.2, 0.25) is 5.91 Å². The molecule has 1 fully saturated rings. The lowest BCUT2D eigenvalue weighted by Gasteiger charge is -2.14. The molecule has 0 saturated carbocycles. The summed E-state index contributed by atoms with van der Waals surface area (Å²) in [6.45, 7) is 0.491. The Morgan fingerprint density at radius 3 is 2.55 bits per heavy atom. The number of benzene rings is 1. The van der Waals surface area contributed by atoms with Gasteiger partial charge in [0.15, 0.2) is 0 Å². The lowest BCUT2D eigenvalue weighted by atomic mass is 10.2. The number of hydrogen-bond donors (Lipinski definition) is 2. The Balaban J connectivity index is 1.33. The molecule has 0 radical (unpaired) electrons. The maximum atomic E-state index is 12.5. The van der Waals surface area contributed by atoms with E-state index in [2.05, 4.69) is 10.9 Å². The van der Waals surface area contributed by atoms with Crippen LogP contribution in [0, 0.1) is 10.1 Å². The molecule has 0 spiro atoms. The second kappa shape index (κ2) is 11.7. The van der Waals surface area contributed by atoms with E-state index in [1.54, 1.807) is 16.2 Å². The van der Waals surface area contributed by atoms with E-state index in [1.165, 1.54) is 36.0 Å². The summed E-state index contributed by atoms with van der Waals surface area (Å²) in [4.78, 5) is 49.8. The van der Waals surface area contributed by atoms with Gasteiger partial charge in [-0.1, -0.05) is 36.5 Å². The van der Waals surface area contributed by atoms with Crippen LogP contribution in [-0.4, -0.2) is 38.4 Å². The Morgan fingerprint density at radius 1 is 1.12 bits per heavy atom. The van der Waals surface area contributed by atoms with Gasteiger partial charge in [-0.05, 0) is 42.5 Å². The molecular weight excluding hydrogens is 484 g/mol. The molecule has 172 valence electrons. The zero-order valence-corrected chi connectivity index (χ0v) is 19.8. The molecule has 12 heteroatoms. The second-order valence-corrected chi connectivity index (χ2v) is 9.62. The molecule has 1 aliphatic heterocycles. The van der Waals surface area contributed by atoms with Gasteiger partial charge >= 0.3 is 0 Å². The highest BCUT2D eigenvalue weighted by atomic mass is 32.2. The Labute approximate surface area is 203 Å². The number of nitrogens with one attached hydrogen (secondary N) is 2. The summed E-state index contributed by atoms with van der Waals surface area (Å²) in [5, 5.41) is 12.6. The smallest absolute Gasteiger partial charge is 0.269 e. The minimum absolute atomic E-state index is 0.0925. The molecule has 1 aromatic carbocycles. The van der Waals surface area contributed by atoms with Crippen LogP contribution in [0.1, 0.15) is 40.9 Å². The van der Waals surface area contributed by atoms with E-state index in [1.807, 2.05) is 23.6 Å². The number of hydrazine groups is 1. The van der Waals surface area contributed by atoms with Crippen LogP contribution < -0.4 is 10.9 Å². The maximum Gasteiger partial charge on any atom is 0.269 e. The highest BCUT2D eigenvalue weighted by Crippen LogP contribution is 2.33. The molecule has 0 aliphatic carbocycles. The van der Waals surface area contributed by atoms with Crippen molar-refractivity contribution in [2.45, 2.75) is 25.7 Å². The van der Waals surface area contributed by atoms with Crippen molar-refractivity contribution in [2.75, 3.05) is 6.54 Å². The Morgan fingerprint density at radius 2 is 1.88 bits per heavy atom. The van der Waals surface area contributed by atoms with E-state index >= 15 is 0 Å². The second-order valence-electron chi connectivity index (χ2n) is 6.97. The molecule has 1 aromatic heterocycles. The van der Waals surface area contributed by atoms with Crippen LogP contribution in [0.3, 0.4) is 0 Å². The Kier molecular flexibility index (Phi) is 8.69. The van der Waals surface area contributed by atoms with Gasteiger partial charge in [-0.2, -0.15) is 0 Å². The molecule has 3 amide bonds. The average molecular weight is 505 g/mol. The first kappa shape index (κ1) is 24.6. The summed E-state index contributed by atoms with van der Waals surface area (Å²) >= 11 is 8.17. The van der Waals surface area contributed by atoms with Crippen LogP contribution in [0.15, 0.2) is 46.7 Å². The van der Waals surface area contributed by atoms with Gasteiger partial charge < -0.3 is 0 Å². The zero-order chi connectivity index (χ0) is 23.8. The van der Waals surface area contributed by atoms with Gasteiger partial charge in [0.25, 0.3) is 17.5 Å². The SMILES string of the molecule is O=C(CCCCCN1C(=O)C(=Cc2cccs2)SC1=S)NNC(=O)c1ccc([N+](=O)[O-])cc1. The molecule has 33 heavy (non-hydrogen) atoms. The van der Waals surface area contributed by atoms with Crippen molar-refractivity contribution in [3.05, 3.63) is 67.2 Å². The van der Waals surface area contributed by atoms with Gasteiger partial charge in [-0.25, -0.2) is 0 Å². The molecule has 1 saturated heterocycles. The number of nitrogens with zero attached hydrogens (tertiary/aromatic N) is 2. The quantitative estimate of drug-likeness (QED) is 0.175. The number of thioether (sulfide) groups is 1. The van der Waals surface area contributed by atoms with Crippen molar-refractivity contribution < 1.29 is 19.3 Å². The van der Waals surface area contributed by atoms with Crippen LogP contribution >= 0.6 is 35.3 Å². The first-order valence-electron chi connectivity index (χ1n) is 9.97. The molecule has 1 aliphatic rings. The third-order valence-corrected chi connectivity index (χ3v) is 6.83. The zero-order valence-electron chi connectivity index (χ0n) is 17.3. The van der Waals surface area contributed by atoms with Gasteiger partial charge in [0, 0.05) is 35.5 Å².